The summed E-state index contributed by atoms with van der Waals surface area (Å²) in [7, 11) is 0. The van der Waals surface area contributed by atoms with Crippen LogP contribution in [-0.4, -0.2) is 288 Å². The number of aliphatic hydroxyl groups excluding tert-OH is 4. The molecule has 0 unspecified atom stereocenters. The molecule has 2 aliphatic rings. The molecule has 35 heteroatoms. The third-order valence-corrected chi connectivity index (χ3v) is 11.2. The Morgan fingerprint density at radius 1 is 0.602 bits per heavy atom. The van der Waals surface area contributed by atoms with Crippen molar-refractivity contribution in [3.63, 3.8) is 0 Å². The molecule has 470 valence electrons. The van der Waals surface area contributed by atoms with E-state index in [1.807, 2.05) is 0 Å². The van der Waals surface area contributed by atoms with Gasteiger partial charge in [-0.25, -0.2) is 24.4 Å². The second-order valence-electron chi connectivity index (χ2n) is 17.7. The van der Waals surface area contributed by atoms with Gasteiger partial charge in [-0.05, 0) is 12.2 Å². The van der Waals surface area contributed by atoms with Crippen LogP contribution in [0.1, 0.15) is 13.8 Å². The highest BCUT2D eigenvalue weighted by molar-refractivity contribution is 5.86. The summed E-state index contributed by atoms with van der Waals surface area (Å²) in [6.07, 6.45) is -2.63. The van der Waals surface area contributed by atoms with E-state index >= 15 is 0 Å². The van der Waals surface area contributed by atoms with Crippen molar-refractivity contribution in [3.8, 4) is 12.3 Å². The van der Waals surface area contributed by atoms with Crippen LogP contribution in [-0.2, 0) is 76.1 Å². The van der Waals surface area contributed by atoms with Crippen LogP contribution in [0, 0.1) is 12.3 Å². The minimum Gasteiger partial charge on any atom is -0.478 e. The summed E-state index contributed by atoms with van der Waals surface area (Å²) in [5, 5.41) is 73.3. The second kappa shape index (κ2) is 40.9. The Kier molecular flexibility index (Phi) is 35.4. The van der Waals surface area contributed by atoms with Gasteiger partial charge >= 0.3 is 18.0 Å². The lowest BCUT2D eigenvalue weighted by molar-refractivity contribution is -0.158. The number of terminal acetylenes is 1. The molecule has 0 aromatic carbocycles. The molecule has 35 nitrogen and oxygen atoms in total. The molecule has 0 aromatic heterocycles. The zero-order valence-electron chi connectivity index (χ0n) is 46.1. The molecule has 0 fully saturated rings. The monoisotopic (exact) mass is 1190 g/mol. The van der Waals surface area contributed by atoms with Crippen LogP contribution in [0.3, 0.4) is 0 Å². The maximum atomic E-state index is 13.3. The first kappa shape index (κ1) is 71.9. The number of rotatable bonds is 43. The van der Waals surface area contributed by atoms with Gasteiger partial charge in [-0.15, -0.1) is 6.42 Å². The van der Waals surface area contributed by atoms with Crippen molar-refractivity contribution in [2.24, 2.45) is 32.9 Å². The Hall–Kier alpha value is -7.21. The first-order valence-corrected chi connectivity index (χ1v) is 25.9. The smallest absolute Gasteiger partial charge is 0.370 e. The molecule has 0 aliphatic carbocycles. The standard InChI is InChI=1S/C48H80N12O23/c1-4-10-74-16-18-78-20-21-79-19-17-77-13-7-55-48(73)60(8-14-75-11-5-53-36(67)26-80-40(32(65)24-61)42-38(56-28(2)63)30(58-46(49)50)22-34(82-42)44(69)70)9-15-76-12-6-54-37(68)27-81-41(33(66)25-62)43-39(57-29(3)64)31(59-47(51)52)23-35(83-43)45(71)72/h1,22-23,30-33,38-43,61-62,65-66H,5-21,24-27H2,2-3H3,(H,53,67)(H,54,68)(H,55,73)(H,56,63)(H,57,64)(H,69,70)(H,71,72)(H4,49,50,58)(H4,51,52,59)/t30-,31-,32+,33+,38+,39+,40+,41+,42+,43+/m0/s1. The first-order valence-electron chi connectivity index (χ1n) is 25.9. The molecule has 0 radical (unpaired) electrons. The van der Waals surface area contributed by atoms with Gasteiger partial charge in [-0.2, -0.15) is 0 Å². The lowest BCUT2D eigenvalue weighted by Gasteiger charge is -2.40. The average Bonchev–Trinajstić information content (AvgIpc) is 3.48. The summed E-state index contributed by atoms with van der Waals surface area (Å²) in [6.45, 7) is 0.909. The van der Waals surface area contributed by atoms with E-state index < -0.39 is 152 Å². The molecule has 2 heterocycles. The van der Waals surface area contributed by atoms with E-state index in [4.69, 9.17) is 76.7 Å². The zero-order valence-corrected chi connectivity index (χ0v) is 46.1. The lowest BCUT2D eigenvalue weighted by Crippen LogP contribution is -2.60. The summed E-state index contributed by atoms with van der Waals surface area (Å²) in [4.78, 5) is 96.5. The van der Waals surface area contributed by atoms with Crippen molar-refractivity contribution >= 4 is 53.5 Å². The fourth-order valence-electron chi connectivity index (χ4n) is 7.62. The SMILES string of the molecule is C#CCOCCOCCOCCOCCNC(=O)N(CCOCCNC(=O)CO[C@@H]([C@@H]1OC(C(=O)O)=C[C@H](N=C(N)N)[C@H]1NC(C)=O)[C@H](O)CO)CCOCCNC(=O)CO[C@@H]([C@@H]1OC(C(=O)O)=C[C@H](N=C(N)N)[C@H]1NC(C)=O)[C@H](O)CO. The molecular formula is C48H80N12O23. The fraction of sp³-hybridized carbons (Fsp3) is 0.688. The number of carbonyl (C=O) groups is 7. The van der Waals surface area contributed by atoms with Crippen molar-refractivity contribution in [2.45, 2.75) is 74.6 Å². The van der Waals surface area contributed by atoms with Crippen LogP contribution in [0.25, 0.3) is 0 Å². The molecule has 0 saturated carbocycles. The van der Waals surface area contributed by atoms with Gasteiger partial charge in [-0.1, -0.05) is 5.92 Å². The summed E-state index contributed by atoms with van der Waals surface area (Å²) >= 11 is 0. The van der Waals surface area contributed by atoms with Gasteiger partial charge in [0.25, 0.3) is 0 Å². The van der Waals surface area contributed by atoms with Crippen LogP contribution in [0.4, 0.5) is 4.79 Å². The zero-order chi connectivity index (χ0) is 61.7. The number of aliphatic carboxylic acids is 2. The number of aliphatic hydroxyl groups is 4. The van der Waals surface area contributed by atoms with Gasteiger partial charge in [0.15, 0.2) is 24.1 Å². The minimum atomic E-state index is -1.76. The van der Waals surface area contributed by atoms with Crippen molar-refractivity contribution in [2.75, 3.05) is 138 Å². The number of nitrogens with one attached hydrogen (secondary N) is 5. The number of carboxylic acid groups (broad SMARTS) is 2. The number of nitrogens with two attached hydrogens (primary N) is 4. The van der Waals surface area contributed by atoms with Crippen LogP contribution in [0.2, 0.25) is 0 Å². The van der Waals surface area contributed by atoms with E-state index in [-0.39, 0.29) is 85.6 Å². The van der Waals surface area contributed by atoms with Crippen LogP contribution in [0.5, 0.6) is 0 Å². The van der Waals surface area contributed by atoms with Gasteiger partial charge < -0.3 is 132 Å². The minimum absolute atomic E-state index is 0.0170. The van der Waals surface area contributed by atoms with Crippen molar-refractivity contribution < 1.29 is 112 Å². The summed E-state index contributed by atoms with van der Waals surface area (Å²) in [6, 6.07) is -5.44. The summed E-state index contributed by atoms with van der Waals surface area (Å²) in [5.41, 5.74) is 22.1. The Morgan fingerprint density at radius 3 is 1.31 bits per heavy atom. The van der Waals surface area contributed by atoms with E-state index in [2.05, 4.69) is 42.5 Å². The topological polar surface area (TPSA) is 525 Å². The molecule has 2 aliphatic heterocycles. The highest BCUT2D eigenvalue weighted by Gasteiger charge is 2.47. The Labute approximate surface area is 477 Å². The van der Waals surface area contributed by atoms with Crippen LogP contribution in [0.15, 0.2) is 33.7 Å². The van der Waals surface area contributed by atoms with Gasteiger partial charge in [0.1, 0.15) is 44.2 Å². The van der Waals surface area contributed by atoms with Crippen LogP contribution >= 0.6 is 0 Å². The molecule has 0 saturated heterocycles. The van der Waals surface area contributed by atoms with E-state index in [0.717, 1.165) is 26.0 Å². The number of urea groups is 1. The largest absolute Gasteiger partial charge is 0.478 e. The van der Waals surface area contributed by atoms with Gasteiger partial charge in [0.05, 0.1) is 110 Å². The van der Waals surface area contributed by atoms with E-state index in [1.165, 1.54) is 4.90 Å². The highest BCUT2D eigenvalue weighted by Crippen LogP contribution is 2.28. The van der Waals surface area contributed by atoms with Gasteiger partial charge in [0.2, 0.25) is 35.1 Å². The Balaban J connectivity index is 1.98. The molecular weight excluding hydrogens is 1110 g/mol. The number of carbonyl (C=O) groups excluding carboxylic acids is 5. The lowest BCUT2D eigenvalue weighted by atomic mass is 9.92. The molecule has 83 heavy (non-hydrogen) atoms. The third kappa shape index (κ3) is 29.1. The predicted octanol–water partition coefficient (Wildman–Crippen LogP) is -8.53. The Morgan fingerprint density at radius 2 is 0.964 bits per heavy atom. The van der Waals surface area contributed by atoms with E-state index in [1.54, 1.807) is 0 Å². The highest BCUT2D eigenvalue weighted by atomic mass is 16.6. The Bertz CT molecular complexity index is 2070. The van der Waals surface area contributed by atoms with Gasteiger partial charge in [-0.3, -0.25) is 19.2 Å². The number of aliphatic imine (C=N–C) groups is 2. The predicted molar refractivity (Wildman–Crippen MR) is 286 cm³/mol. The average molecular weight is 1190 g/mol. The summed E-state index contributed by atoms with van der Waals surface area (Å²) < 4.78 is 55.2. The maximum absolute atomic E-state index is 13.3. The number of hydrogen-bond acceptors (Lipinski definition) is 23. The molecule has 0 spiro atoms. The summed E-state index contributed by atoms with van der Waals surface area (Å²) in [5.74, 6) is -5.72. The fourth-order valence-corrected chi connectivity index (χ4v) is 7.62. The third-order valence-electron chi connectivity index (χ3n) is 11.2. The molecule has 6 amide bonds. The maximum Gasteiger partial charge on any atom is 0.370 e. The van der Waals surface area contributed by atoms with E-state index in [9.17, 15) is 64.2 Å². The number of nitrogens with zero attached hydrogens (tertiary/aromatic N) is 3. The van der Waals surface area contributed by atoms with Crippen molar-refractivity contribution in [1.29, 1.82) is 0 Å². The van der Waals surface area contributed by atoms with Crippen molar-refractivity contribution in [1.82, 2.24) is 31.5 Å². The normalized spacial score (nSPS) is 19.7. The number of guanidine groups is 2. The molecule has 19 N–H and O–H groups in total. The number of ether oxygens (including phenoxy) is 10. The molecule has 0 bridgehead atoms. The number of hydrogen-bond donors (Lipinski definition) is 15. The second-order valence-corrected chi connectivity index (χ2v) is 17.7. The number of carboxylic acids is 2. The molecule has 10 atom stereocenters. The molecule has 0 aromatic rings. The van der Waals surface area contributed by atoms with E-state index in [0.29, 0.717) is 26.4 Å². The first-order chi connectivity index (χ1) is 39.6. The van der Waals surface area contributed by atoms with Gasteiger partial charge in [0, 0.05) is 46.6 Å². The van der Waals surface area contributed by atoms with Crippen molar-refractivity contribution in [3.05, 3.63) is 23.7 Å². The van der Waals surface area contributed by atoms with Crippen LogP contribution < -0.4 is 49.5 Å². The molecule has 2 rings (SSSR count). The number of amides is 6. The quantitative estimate of drug-likeness (QED) is 0.0117.